The number of rotatable bonds is 3. The van der Waals surface area contributed by atoms with E-state index in [2.05, 4.69) is 4.98 Å². The van der Waals surface area contributed by atoms with Crippen LogP contribution in [-0.2, 0) is 16.0 Å². The van der Waals surface area contributed by atoms with E-state index in [1.807, 2.05) is 38.1 Å². The molecule has 2 rings (SSSR count). The fourth-order valence-corrected chi connectivity index (χ4v) is 2.38. The summed E-state index contributed by atoms with van der Waals surface area (Å²) in [7, 11) is 0. The molecule has 1 aromatic heterocycles. The second kappa shape index (κ2) is 4.61. The van der Waals surface area contributed by atoms with Crippen LogP contribution in [0.15, 0.2) is 24.3 Å². The maximum atomic E-state index is 11.4. The van der Waals surface area contributed by atoms with E-state index < -0.39 is 0 Å². The number of nitrogens with zero attached hydrogens (tertiary/aromatic N) is 1. The molecule has 4 heteroatoms. The molecule has 0 atom stereocenters. The Morgan fingerprint density at radius 1 is 1.44 bits per heavy atom. The summed E-state index contributed by atoms with van der Waals surface area (Å²) in [6.07, 6.45) is 0.194. The van der Waals surface area contributed by atoms with Crippen LogP contribution in [0, 0.1) is 0 Å². The Kier molecular flexibility index (Phi) is 3.19. The minimum absolute atomic E-state index is 0.0677. The van der Waals surface area contributed by atoms with E-state index in [0.717, 1.165) is 15.2 Å². The first-order chi connectivity index (χ1) is 7.65. The third kappa shape index (κ3) is 2.58. The van der Waals surface area contributed by atoms with Crippen molar-refractivity contribution in [3.8, 4) is 0 Å². The van der Waals surface area contributed by atoms with E-state index >= 15 is 0 Å². The lowest BCUT2D eigenvalue weighted by Crippen LogP contribution is -2.13. The van der Waals surface area contributed by atoms with Crippen molar-refractivity contribution in [3.63, 3.8) is 0 Å². The van der Waals surface area contributed by atoms with Crippen molar-refractivity contribution in [3.05, 3.63) is 29.3 Å². The van der Waals surface area contributed by atoms with Crippen molar-refractivity contribution in [2.45, 2.75) is 26.4 Å². The molecule has 0 fully saturated rings. The average Bonchev–Trinajstić information content (AvgIpc) is 2.57. The Bertz CT molecular complexity index is 471. The van der Waals surface area contributed by atoms with Crippen LogP contribution in [0.5, 0.6) is 0 Å². The molecule has 0 aliphatic rings. The van der Waals surface area contributed by atoms with Crippen LogP contribution in [0.4, 0.5) is 0 Å². The fraction of sp³-hybridized carbons (Fsp3) is 0.333. The zero-order valence-electron chi connectivity index (χ0n) is 9.27. The number of carbonyl (C=O) groups excluding carboxylic acids is 1. The molecule has 2 aromatic rings. The van der Waals surface area contributed by atoms with Gasteiger partial charge in [0.1, 0.15) is 5.01 Å². The van der Waals surface area contributed by atoms with E-state index in [9.17, 15) is 4.79 Å². The van der Waals surface area contributed by atoms with Crippen LogP contribution < -0.4 is 0 Å². The Hall–Kier alpha value is -1.42. The molecule has 0 saturated heterocycles. The molecule has 16 heavy (non-hydrogen) atoms. The maximum absolute atomic E-state index is 11.4. The third-order valence-corrected chi connectivity index (χ3v) is 3.04. The monoisotopic (exact) mass is 235 g/mol. The van der Waals surface area contributed by atoms with E-state index in [0.29, 0.717) is 0 Å². The SMILES string of the molecule is CC(C)OC(=O)Cc1nc2ccccc2s1. The summed E-state index contributed by atoms with van der Waals surface area (Å²) in [5.74, 6) is -0.214. The van der Waals surface area contributed by atoms with Gasteiger partial charge in [-0.15, -0.1) is 11.3 Å². The molecule has 0 bridgehead atoms. The Morgan fingerprint density at radius 3 is 2.88 bits per heavy atom. The smallest absolute Gasteiger partial charge is 0.312 e. The van der Waals surface area contributed by atoms with Gasteiger partial charge in [-0.3, -0.25) is 4.79 Å². The summed E-state index contributed by atoms with van der Waals surface area (Å²) in [6.45, 7) is 3.69. The first kappa shape index (κ1) is 11.1. The minimum Gasteiger partial charge on any atom is -0.463 e. The number of fused-ring (bicyclic) bond motifs is 1. The van der Waals surface area contributed by atoms with Gasteiger partial charge < -0.3 is 4.74 Å². The first-order valence-corrected chi connectivity index (χ1v) is 6.01. The van der Waals surface area contributed by atoms with Crippen LogP contribution in [0.2, 0.25) is 0 Å². The van der Waals surface area contributed by atoms with Gasteiger partial charge in [-0.1, -0.05) is 12.1 Å². The number of benzene rings is 1. The molecule has 1 heterocycles. The van der Waals surface area contributed by atoms with Gasteiger partial charge in [-0.2, -0.15) is 0 Å². The summed E-state index contributed by atoms with van der Waals surface area (Å²) in [4.78, 5) is 15.8. The summed E-state index contributed by atoms with van der Waals surface area (Å²) >= 11 is 1.54. The van der Waals surface area contributed by atoms with Gasteiger partial charge >= 0.3 is 5.97 Å². The lowest BCUT2D eigenvalue weighted by atomic mass is 10.3. The highest BCUT2D eigenvalue weighted by Crippen LogP contribution is 2.21. The van der Waals surface area contributed by atoms with Gasteiger partial charge in [-0.05, 0) is 26.0 Å². The van der Waals surface area contributed by atoms with Crippen molar-refractivity contribution in [1.82, 2.24) is 4.98 Å². The lowest BCUT2D eigenvalue weighted by Gasteiger charge is -2.05. The molecular formula is C12H13NO2S. The first-order valence-electron chi connectivity index (χ1n) is 5.19. The topological polar surface area (TPSA) is 39.2 Å². The van der Waals surface area contributed by atoms with Crippen LogP contribution in [-0.4, -0.2) is 17.1 Å². The van der Waals surface area contributed by atoms with Crippen molar-refractivity contribution < 1.29 is 9.53 Å². The normalized spacial score (nSPS) is 10.9. The van der Waals surface area contributed by atoms with Gasteiger partial charge in [-0.25, -0.2) is 4.98 Å². The number of carbonyl (C=O) groups is 1. The van der Waals surface area contributed by atoms with Crippen molar-refractivity contribution in [2.24, 2.45) is 0 Å². The summed E-state index contributed by atoms with van der Waals surface area (Å²) in [6, 6.07) is 7.86. The molecule has 0 amide bonds. The number of aromatic nitrogens is 1. The number of hydrogen-bond donors (Lipinski definition) is 0. The maximum Gasteiger partial charge on any atom is 0.312 e. The quantitative estimate of drug-likeness (QED) is 0.768. The predicted molar refractivity (Wildman–Crippen MR) is 64.6 cm³/mol. The molecule has 0 N–H and O–H groups in total. The number of hydrogen-bond acceptors (Lipinski definition) is 4. The zero-order valence-corrected chi connectivity index (χ0v) is 10.1. The molecule has 3 nitrogen and oxygen atoms in total. The molecule has 84 valence electrons. The molecule has 0 spiro atoms. The van der Waals surface area contributed by atoms with Crippen LogP contribution in [0.1, 0.15) is 18.9 Å². The summed E-state index contributed by atoms with van der Waals surface area (Å²) < 4.78 is 6.18. The third-order valence-electron chi connectivity index (χ3n) is 2.00. The highest BCUT2D eigenvalue weighted by Gasteiger charge is 2.10. The van der Waals surface area contributed by atoms with Gasteiger partial charge in [0.05, 0.1) is 22.7 Å². The number of ether oxygens (including phenoxy) is 1. The summed E-state index contributed by atoms with van der Waals surface area (Å²) in [5, 5.41) is 0.812. The molecule has 0 aliphatic heterocycles. The second-order valence-corrected chi connectivity index (χ2v) is 4.91. The highest BCUT2D eigenvalue weighted by atomic mass is 32.1. The van der Waals surface area contributed by atoms with Crippen LogP contribution in [0.3, 0.4) is 0 Å². The standard InChI is InChI=1S/C12H13NO2S/c1-8(2)15-12(14)7-11-13-9-5-3-4-6-10(9)16-11/h3-6,8H,7H2,1-2H3. The highest BCUT2D eigenvalue weighted by molar-refractivity contribution is 7.18. The van der Waals surface area contributed by atoms with Crippen molar-refractivity contribution in [1.29, 1.82) is 0 Å². The van der Waals surface area contributed by atoms with Crippen molar-refractivity contribution >= 4 is 27.5 Å². The second-order valence-electron chi connectivity index (χ2n) is 3.79. The molecule has 0 radical (unpaired) electrons. The van der Waals surface area contributed by atoms with Gasteiger partial charge in [0.15, 0.2) is 0 Å². The Morgan fingerprint density at radius 2 is 2.19 bits per heavy atom. The number of para-hydroxylation sites is 1. The Labute approximate surface area is 98.1 Å². The Balaban J connectivity index is 2.12. The van der Waals surface area contributed by atoms with Gasteiger partial charge in [0, 0.05) is 0 Å². The van der Waals surface area contributed by atoms with E-state index in [-0.39, 0.29) is 18.5 Å². The van der Waals surface area contributed by atoms with Gasteiger partial charge in [0.2, 0.25) is 0 Å². The van der Waals surface area contributed by atoms with Crippen LogP contribution in [0.25, 0.3) is 10.2 Å². The van der Waals surface area contributed by atoms with Crippen molar-refractivity contribution in [2.75, 3.05) is 0 Å². The predicted octanol–water partition coefficient (Wildman–Crippen LogP) is 2.79. The largest absolute Gasteiger partial charge is 0.463 e. The molecular weight excluding hydrogens is 222 g/mol. The number of esters is 1. The number of thiazole rings is 1. The molecule has 1 aromatic carbocycles. The minimum atomic E-state index is -0.214. The molecule has 0 saturated carbocycles. The lowest BCUT2D eigenvalue weighted by molar-refractivity contribution is -0.146. The average molecular weight is 235 g/mol. The fourth-order valence-electron chi connectivity index (χ4n) is 1.42. The molecule has 0 unspecified atom stereocenters. The zero-order chi connectivity index (χ0) is 11.5. The van der Waals surface area contributed by atoms with Gasteiger partial charge in [0.25, 0.3) is 0 Å². The van der Waals surface area contributed by atoms with E-state index in [1.54, 1.807) is 11.3 Å². The van der Waals surface area contributed by atoms with Crippen LogP contribution >= 0.6 is 11.3 Å². The summed E-state index contributed by atoms with van der Waals surface area (Å²) in [5.41, 5.74) is 0.944. The molecule has 0 aliphatic carbocycles. The van der Waals surface area contributed by atoms with E-state index in [4.69, 9.17) is 4.74 Å². The van der Waals surface area contributed by atoms with E-state index in [1.165, 1.54) is 0 Å².